The Labute approximate surface area is 105 Å². The van der Waals surface area contributed by atoms with E-state index in [0.29, 0.717) is 15.9 Å². The van der Waals surface area contributed by atoms with E-state index in [4.69, 9.17) is 11.6 Å². The van der Waals surface area contributed by atoms with Crippen LogP contribution in [0.4, 0.5) is 0 Å². The quantitative estimate of drug-likeness (QED) is 0.595. The number of ketones is 1. The Morgan fingerprint density at radius 2 is 2.21 bits per heavy atom. The van der Waals surface area contributed by atoms with Crippen molar-refractivity contribution in [2.45, 2.75) is 17.1 Å². The van der Waals surface area contributed by atoms with Crippen LogP contribution in [0.3, 0.4) is 0 Å². The highest BCUT2D eigenvalue weighted by molar-refractivity contribution is 9.10. The molecule has 1 unspecified atom stereocenters. The number of alkyl halides is 2. The first kappa shape index (κ1) is 12.2. The van der Waals surface area contributed by atoms with Crippen LogP contribution in [0.5, 0.6) is 0 Å². The van der Waals surface area contributed by atoms with E-state index in [1.54, 1.807) is 19.1 Å². The second-order valence-electron chi connectivity index (χ2n) is 2.92. The summed E-state index contributed by atoms with van der Waals surface area (Å²) in [6, 6.07) is 5.35. The van der Waals surface area contributed by atoms with E-state index in [0.717, 1.165) is 5.56 Å². The molecule has 76 valence electrons. The molecule has 1 aromatic rings. The molecule has 0 fully saturated rings. The molecule has 0 spiro atoms. The molecule has 0 aliphatic carbocycles. The molecule has 0 N–H and O–H groups in total. The first-order chi connectivity index (χ1) is 6.56. The van der Waals surface area contributed by atoms with Gasteiger partial charge in [-0.2, -0.15) is 0 Å². The lowest BCUT2D eigenvalue weighted by Crippen LogP contribution is -2.12. The highest BCUT2D eigenvalue weighted by atomic mass is 79.9. The average Bonchev–Trinajstić information content (AvgIpc) is 2.16. The molecule has 0 aromatic heterocycles. The van der Waals surface area contributed by atoms with Crippen molar-refractivity contribution in [1.29, 1.82) is 0 Å². The lowest BCUT2D eigenvalue weighted by atomic mass is 10.0. The molecular weight excluding hydrogens is 331 g/mol. The van der Waals surface area contributed by atoms with Crippen LogP contribution in [0.2, 0.25) is 5.02 Å². The predicted molar refractivity (Wildman–Crippen MR) is 66.8 cm³/mol. The number of hydrogen-bond donors (Lipinski definition) is 0. The molecule has 1 atom stereocenters. The van der Waals surface area contributed by atoms with E-state index in [9.17, 15) is 4.79 Å². The van der Waals surface area contributed by atoms with Crippen molar-refractivity contribution >= 4 is 49.2 Å². The molecule has 0 bridgehead atoms. The number of hydrogen-bond acceptors (Lipinski definition) is 1. The van der Waals surface area contributed by atoms with Crippen molar-refractivity contribution in [3.8, 4) is 0 Å². The third-order valence-electron chi connectivity index (χ3n) is 1.84. The van der Waals surface area contributed by atoms with E-state index in [1.165, 1.54) is 0 Å². The van der Waals surface area contributed by atoms with Crippen LogP contribution in [-0.4, -0.2) is 10.6 Å². The van der Waals surface area contributed by atoms with Crippen LogP contribution in [0.25, 0.3) is 0 Å². The SMILES string of the molecule is CC(Br)C(=O)c1cc(Cl)ccc1CBr. The zero-order valence-corrected chi connectivity index (χ0v) is 11.5. The Morgan fingerprint density at radius 1 is 1.57 bits per heavy atom. The van der Waals surface area contributed by atoms with Gasteiger partial charge < -0.3 is 0 Å². The van der Waals surface area contributed by atoms with Crippen molar-refractivity contribution in [3.63, 3.8) is 0 Å². The van der Waals surface area contributed by atoms with Gasteiger partial charge >= 0.3 is 0 Å². The molecule has 0 amide bonds. The molecule has 4 heteroatoms. The number of rotatable bonds is 3. The third-order valence-corrected chi connectivity index (χ3v) is 3.10. The second kappa shape index (κ2) is 5.29. The summed E-state index contributed by atoms with van der Waals surface area (Å²) in [5, 5.41) is 1.25. The fraction of sp³-hybridized carbons (Fsp3) is 0.300. The second-order valence-corrected chi connectivity index (χ2v) is 5.29. The summed E-state index contributed by atoms with van der Waals surface area (Å²) in [5.74, 6) is 0.0574. The zero-order valence-electron chi connectivity index (χ0n) is 7.56. The van der Waals surface area contributed by atoms with Gasteiger partial charge in [-0.15, -0.1) is 0 Å². The maximum Gasteiger partial charge on any atom is 0.176 e. The lowest BCUT2D eigenvalue weighted by Gasteiger charge is -2.08. The summed E-state index contributed by atoms with van der Waals surface area (Å²) in [7, 11) is 0. The fourth-order valence-corrected chi connectivity index (χ4v) is 2.02. The van der Waals surface area contributed by atoms with Crippen molar-refractivity contribution in [2.24, 2.45) is 0 Å². The molecule has 0 aliphatic heterocycles. The standard InChI is InChI=1S/C10H9Br2ClO/c1-6(12)10(14)9-4-8(13)3-2-7(9)5-11/h2-4,6H,5H2,1H3. The van der Waals surface area contributed by atoms with Gasteiger partial charge in [0.1, 0.15) is 0 Å². The average molecular weight is 340 g/mol. The third kappa shape index (κ3) is 2.81. The summed E-state index contributed by atoms with van der Waals surface area (Å²) in [6.07, 6.45) is 0. The molecule has 0 radical (unpaired) electrons. The first-order valence-corrected chi connectivity index (χ1v) is 6.50. The summed E-state index contributed by atoms with van der Waals surface area (Å²) in [4.78, 5) is 11.6. The van der Waals surface area contributed by atoms with Gasteiger partial charge in [-0.3, -0.25) is 4.79 Å². The molecule has 1 nitrogen and oxygen atoms in total. The zero-order chi connectivity index (χ0) is 10.7. The number of halogens is 3. The highest BCUT2D eigenvalue weighted by Gasteiger charge is 2.15. The van der Waals surface area contributed by atoms with Gasteiger partial charge in [-0.25, -0.2) is 0 Å². The molecule has 0 saturated carbocycles. The highest BCUT2D eigenvalue weighted by Crippen LogP contribution is 2.21. The first-order valence-electron chi connectivity index (χ1n) is 4.09. The smallest absolute Gasteiger partial charge is 0.176 e. The van der Waals surface area contributed by atoms with E-state index in [2.05, 4.69) is 31.9 Å². The largest absolute Gasteiger partial charge is 0.293 e. The number of Topliss-reactive ketones (excluding diaryl/α,β-unsaturated/α-hetero) is 1. The maximum absolute atomic E-state index is 11.8. The topological polar surface area (TPSA) is 17.1 Å². The van der Waals surface area contributed by atoms with Gasteiger partial charge in [0.15, 0.2) is 5.78 Å². The van der Waals surface area contributed by atoms with Crippen molar-refractivity contribution in [2.75, 3.05) is 0 Å². The van der Waals surface area contributed by atoms with Crippen LogP contribution < -0.4 is 0 Å². The summed E-state index contributed by atoms with van der Waals surface area (Å²) in [5.41, 5.74) is 1.64. The van der Waals surface area contributed by atoms with Crippen LogP contribution in [0, 0.1) is 0 Å². The van der Waals surface area contributed by atoms with E-state index in [-0.39, 0.29) is 10.6 Å². The Hall–Kier alpha value is 0.140. The predicted octanol–water partition coefficient (Wildman–Crippen LogP) is 4.20. The minimum absolute atomic E-state index is 0.0574. The minimum atomic E-state index is -0.182. The van der Waals surface area contributed by atoms with Gasteiger partial charge in [-0.05, 0) is 24.6 Å². The minimum Gasteiger partial charge on any atom is -0.293 e. The molecule has 1 aromatic carbocycles. The van der Waals surface area contributed by atoms with Crippen LogP contribution in [0.1, 0.15) is 22.8 Å². The molecule has 14 heavy (non-hydrogen) atoms. The van der Waals surface area contributed by atoms with Crippen molar-refractivity contribution < 1.29 is 4.79 Å². The van der Waals surface area contributed by atoms with Gasteiger partial charge in [0.2, 0.25) is 0 Å². The normalized spacial score (nSPS) is 12.6. The number of benzene rings is 1. The van der Waals surface area contributed by atoms with E-state index >= 15 is 0 Å². The number of carbonyl (C=O) groups excluding carboxylic acids is 1. The van der Waals surface area contributed by atoms with Gasteiger partial charge in [0.25, 0.3) is 0 Å². The summed E-state index contributed by atoms with van der Waals surface area (Å²) in [6.45, 7) is 1.81. The Balaban J connectivity index is 3.17. The monoisotopic (exact) mass is 338 g/mol. The van der Waals surface area contributed by atoms with Crippen LogP contribution >= 0.6 is 43.5 Å². The summed E-state index contributed by atoms with van der Waals surface area (Å²) >= 11 is 12.4. The number of carbonyl (C=O) groups is 1. The Kier molecular flexibility index (Phi) is 4.61. The molecule has 0 saturated heterocycles. The van der Waals surface area contributed by atoms with Gasteiger partial charge in [-0.1, -0.05) is 49.5 Å². The van der Waals surface area contributed by atoms with E-state index < -0.39 is 0 Å². The molecule has 0 aliphatic rings. The summed E-state index contributed by atoms with van der Waals surface area (Å²) < 4.78 is 0. The molecule has 0 heterocycles. The Bertz CT molecular complexity index is 350. The fourth-order valence-electron chi connectivity index (χ4n) is 1.11. The van der Waals surface area contributed by atoms with Crippen LogP contribution in [0.15, 0.2) is 18.2 Å². The van der Waals surface area contributed by atoms with Gasteiger partial charge in [0.05, 0.1) is 4.83 Å². The van der Waals surface area contributed by atoms with Gasteiger partial charge in [0, 0.05) is 15.9 Å². The van der Waals surface area contributed by atoms with Crippen molar-refractivity contribution in [1.82, 2.24) is 0 Å². The lowest BCUT2D eigenvalue weighted by molar-refractivity contribution is 0.0995. The van der Waals surface area contributed by atoms with E-state index in [1.807, 2.05) is 6.07 Å². The molecule has 1 rings (SSSR count). The van der Waals surface area contributed by atoms with Crippen LogP contribution in [-0.2, 0) is 5.33 Å². The van der Waals surface area contributed by atoms with Crippen molar-refractivity contribution in [3.05, 3.63) is 34.3 Å². The Morgan fingerprint density at radius 3 is 2.71 bits per heavy atom. The maximum atomic E-state index is 11.8. The molecular formula is C10H9Br2ClO.